The average Bonchev–Trinajstić information content (AvgIpc) is 2.33. The Balaban J connectivity index is 2.20. The first-order valence-corrected chi connectivity index (χ1v) is 6.13. The largest absolute Gasteiger partial charge is 0.381 e. The maximum Gasteiger partial charge on any atom is 0.168 e. The molecule has 100 valence electrons. The number of nitrogen functional groups attached to an aromatic ring is 1. The minimum atomic E-state index is -0.809. The van der Waals surface area contributed by atoms with Crippen molar-refractivity contribution in [2.75, 3.05) is 36.8 Å². The van der Waals surface area contributed by atoms with Gasteiger partial charge in [0, 0.05) is 31.7 Å². The number of aromatic nitrogens is 1. The third-order valence-electron chi connectivity index (χ3n) is 3.41. The monoisotopic (exact) mass is 256 g/mol. The van der Waals surface area contributed by atoms with E-state index in [2.05, 4.69) is 23.7 Å². The minimum absolute atomic E-state index is 0.150. The topological polar surface area (TPSA) is 45.4 Å². The van der Waals surface area contributed by atoms with Crippen molar-refractivity contribution in [2.24, 2.45) is 0 Å². The van der Waals surface area contributed by atoms with Crippen LogP contribution in [0.25, 0.3) is 0 Å². The molecule has 1 aromatic heterocycles. The molecule has 4 nitrogen and oxygen atoms in total. The van der Waals surface area contributed by atoms with Crippen LogP contribution in [0.5, 0.6) is 0 Å². The fourth-order valence-electron chi connectivity index (χ4n) is 2.35. The van der Waals surface area contributed by atoms with Gasteiger partial charge in [0.05, 0.1) is 0 Å². The van der Waals surface area contributed by atoms with Crippen LogP contribution in [0, 0.1) is 11.6 Å². The number of anilines is 2. The van der Waals surface area contributed by atoms with Crippen LogP contribution in [0.1, 0.15) is 13.8 Å². The lowest BCUT2D eigenvalue weighted by molar-refractivity contribution is 0.198. The molecule has 1 aliphatic heterocycles. The SMILES string of the molecule is CCN1CCN(c2nc(N)c(F)cc2F)CC1C. The molecule has 1 fully saturated rings. The Morgan fingerprint density at radius 2 is 2.11 bits per heavy atom. The second kappa shape index (κ2) is 5.06. The number of piperazine rings is 1. The summed E-state index contributed by atoms with van der Waals surface area (Å²) in [7, 11) is 0. The lowest BCUT2D eigenvalue weighted by Gasteiger charge is -2.40. The maximum atomic E-state index is 13.7. The summed E-state index contributed by atoms with van der Waals surface area (Å²) >= 11 is 0. The summed E-state index contributed by atoms with van der Waals surface area (Å²) < 4.78 is 26.8. The molecule has 0 amide bonds. The summed E-state index contributed by atoms with van der Waals surface area (Å²) in [5.41, 5.74) is 5.39. The number of halogens is 2. The van der Waals surface area contributed by atoms with E-state index >= 15 is 0 Å². The number of nitrogens with zero attached hydrogens (tertiary/aromatic N) is 3. The Morgan fingerprint density at radius 3 is 2.72 bits per heavy atom. The van der Waals surface area contributed by atoms with E-state index in [0.29, 0.717) is 19.1 Å². The van der Waals surface area contributed by atoms with Crippen LogP contribution < -0.4 is 10.6 Å². The van der Waals surface area contributed by atoms with Crippen LogP contribution in [0.15, 0.2) is 6.07 Å². The zero-order chi connectivity index (χ0) is 13.3. The van der Waals surface area contributed by atoms with Crippen LogP contribution in [0.3, 0.4) is 0 Å². The van der Waals surface area contributed by atoms with Gasteiger partial charge < -0.3 is 10.6 Å². The number of rotatable bonds is 2. The van der Waals surface area contributed by atoms with Crippen molar-refractivity contribution in [2.45, 2.75) is 19.9 Å². The third kappa shape index (κ3) is 2.38. The summed E-state index contributed by atoms with van der Waals surface area (Å²) in [5, 5.41) is 0. The number of hydrogen-bond donors (Lipinski definition) is 1. The molecule has 0 spiro atoms. The Labute approximate surface area is 105 Å². The number of nitrogens with two attached hydrogens (primary N) is 1. The van der Waals surface area contributed by atoms with Gasteiger partial charge in [-0.2, -0.15) is 0 Å². The van der Waals surface area contributed by atoms with Gasteiger partial charge in [-0.1, -0.05) is 6.92 Å². The molecule has 1 unspecified atom stereocenters. The van der Waals surface area contributed by atoms with Gasteiger partial charge in [0.15, 0.2) is 23.3 Å². The molecule has 1 atom stereocenters. The molecule has 1 aliphatic rings. The molecule has 18 heavy (non-hydrogen) atoms. The van der Waals surface area contributed by atoms with E-state index in [1.807, 2.05) is 4.90 Å². The highest BCUT2D eigenvalue weighted by atomic mass is 19.1. The summed E-state index contributed by atoms with van der Waals surface area (Å²) in [6.07, 6.45) is 0. The molecule has 1 saturated heterocycles. The first-order valence-electron chi connectivity index (χ1n) is 6.13. The number of hydrogen-bond acceptors (Lipinski definition) is 4. The van der Waals surface area contributed by atoms with E-state index in [1.165, 1.54) is 0 Å². The Bertz CT molecular complexity index is 438. The molecular weight excluding hydrogens is 238 g/mol. The lowest BCUT2D eigenvalue weighted by Crippen LogP contribution is -2.52. The van der Waals surface area contributed by atoms with E-state index in [1.54, 1.807) is 0 Å². The van der Waals surface area contributed by atoms with Crippen molar-refractivity contribution in [3.05, 3.63) is 17.7 Å². The van der Waals surface area contributed by atoms with Gasteiger partial charge in [-0.15, -0.1) is 0 Å². The van der Waals surface area contributed by atoms with E-state index < -0.39 is 11.6 Å². The van der Waals surface area contributed by atoms with Crippen molar-refractivity contribution in [3.8, 4) is 0 Å². The molecule has 0 saturated carbocycles. The zero-order valence-electron chi connectivity index (χ0n) is 10.7. The zero-order valence-corrected chi connectivity index (χ0v) is 10.7. The first-order chi connectivity index (χ1) is 8.52. The maximum absolute atomic E-state index is 13.7. The molecule has 1 aromatic rings. The van der Waals surface area contributed by atoms with E-state index in [0.717, 1.165) is 19.2 Å². The average molecular weight is 256 g/mol. The third-order valence-corrected chi connectivity index (χ3v) is 3.41. The van der Waals surface area contributed by atoms with Gasteiger partial charge in [-0.25, -0.2) is 13.8 Å². The summed E-state index contributed by atoms with van der Waals surface area (Å²) in [5.74, 6) is -1.57. The second-order valence-electron chi connectivity index (χ2n) is 4.58. The fourth-order valence-corrected chi connectivity index (χ4v) is 2.35. The van der Waals surface area contributed by atoms with Gasteiger partial charge >= 0.3 is 0 Å². The highest BCUT2D eigenvalue weighted by molar-refractivity contribution is 5.47. The molecule has 2 heterocycles. The highest BCUT2D eigenvalue weighted by Crippen LogP contribution is 2.23. The lowest BCUT2D eigenvalue weighted by atomic mass is 10.2. The molecule has 0 aromatic carbocycles. The predicted octanol–water partition coefficient (Wildman–Crippen LogP) is 1.47. The first kappa shape index (κ1) is 13.0. The van der Waals surface area contributed by atoms with Crippen LogP contribution >= 0.6 is 0 Å². The Kier molecular flexibility index (Phi) is 3.65. The fraction of sp³-hybridized carbons (Fsp3) is 0.583. The van der Waals surface area contributed by atoms with Crippen LogP contribution in [-0.2, 0) is 0 Å². The van der Waals surface area contributed by atoms with Crippen LogP contribution in [0.2, 0.25) is 0 Å². The van der Waals surface area contributed by atoms with Crippen molar-refractivity contribution in [1.29, 1.82) is 0 Å². The van der Waals surface area contributed by atoms with Gasteiger partial charge in [-0.05, 0) is 13.5 Å². The number of likely N-dealkylation sites (N-methyl/N-ethyl adjacent to an activating group) is 1. The smallest absolute Gasteiger partial charge is 0.168 e. The van der Waals surface area contributed by atoms with Gasteiger partial charge in [0.1, 0.15) is 0 Å². The van der Waals surface area contributed by atoms with Crippen molar-refractivity contribution in [3.63, 3.8) is 0 Å². The summed E-state index contributed by atoms with van der Waals surface area (Å²) in [6.45, 7) is 7.34. The Morgan fingerprint density at radius 1 is 1.39 bits per heavy atom. The molecular formula is C12H18F2N4. The van der Waals surface area contributed by atoms with E-state index in [-0.39, 0.29) is 11.6 Å². The Hall–Kier alpha value is -1.43. The van der Waals surface area contributed by atoms with Gasteiger partial charge in [-0.3, -0.25) is 4.90 Å². The molecule has 0 radical (unpaired) electrons. The van der Waals surface area contributed by atoms with E-state index in [4.69, 9.17) is 5.73 Å². The summed E-state index contributed by atoms with van der Waals surface area (Å²) in [4.78, 5) is 7.94. The van der Waals surface area contributed by atoms with Gasteiger partial charge in [0.2, 0.25) is 0 Å². The molecule has 0 bridgehead atoms. The van der Waals surface area contributed by atoms with Gasteiger partial charge in [0.25, 0.3) is 0 Å². The molecule has 6 heteroatoms. The standard InChI is InChI=1S/C12H18F2N4/c1-3-17-4-5-18(7-8(17)2)12-10(14)6-9(13)11(15)16-12/h6,8H,3-5,7H2,1-2H3,(H2,15,16). The molecule has 0 aliphatic carbocycles. The number of pyridine rings is 1. The highest BCUT2D eigenvalue weighted by Gasteiger charge is 2.25. The second-order valence-corrected chi connectivity index (χ2v) is 4.58. The minimum Gasteiger partial charge on any atom is -0.381 e. The molecule has 2 rings (SSSR count). The van der Waals surface area contributed by atoms with Crippen molar-refractivity contribution in [1.82, 2.24) is 9.88 Å². The van der Waals surface area contributed by atoms with E-state index in [9.17, 15) is 8.78 Å². The predicted molar refractivity (Wildman–Crippen MR) is 67.5 cm³/mol. The van der Waals surface area contributed by atoms with Crippen molar-refractivity contribution < 1.29 is 8.78 Å². The van der Waals surface area contributed by atoms with Crippen LogP contribution in [0.4, 0.5) is 20.4 Å². The van der Waals surface area contributed by atoms with Crippen LogP contribution in [-0.4, -0.2) is 42.1 Å². The normalized spacial score (nSPS) is 21.3. The quantitative estimate of drug-likeness (QED) is 0.870. The summed E-state index contributed by atoms with van der Waals surface area (Å²) in [6, 6.07) is 1.12. The molecule has 2 N–H and O–H groups in total. The van der Waals surface area contributed by atoms with Crippen molar-refractivity contribution >= 4 is 11.6 Å².